The molecule has 0 spiro atoms. The average Bonchev–Trinajstić information content (AvgIpc) is 3.16. The van der Waals surface area contributed by atoms with Crippen molar-refractivity contribution in [2.24, 2.45) is 5.92 Å². The molecule has 2 aliphatic rings. The molecule has 1 atom stereocenters. The van der Waals surface area contributed by atoms with Crippen LogP contribution in [-0.2, 0) is 0 Å². The molecule has 0 bridgehead atoms. The van der Waals surface area contributed by atoms with Crippen LogP contribution in [-0.4, -0.2) is 22.6 Å². The maximum atomic E-state index is 4.80. The Bertz CT molecular complexity index is 478. The predicted octanol–water partition coefficient (Wildman–Crippen LogP) is 3.69. The van der Waals surface area contributed by atoms with Crippen molar-refractivity contribution in [1.82, 2.24) is 9.97 Å². The number of aromatic nitrogens is 2. The molecule has 3 rings (SSSR count). The molecule has 2 fully saturated rings. The molecule has 4 nitrogen and oxygen atoms in total. The molecule has 20 heavy (non-hydrogen) atoms. The molecule has 1 aromatic heterocycles. The Morgan fingerprint density at radius 1 is 1.15 bits per heavy atom. The lowest BCUT2D eigenvalue weighted by Gasteiger charge is -2.32. The van der Waals surface area contributed by atoms with Crippen molar-refractivity contribution < 1.29 is 0 Å². The van der Waals surface area contributed by atoms with Crippen molar-refractivity contribution in [2.45, 2.75) is 64.8 Å². The lowest BCUT2D eigenvalue weighted by Crippen LogP contribution is -2.31. The highest BCUT2D eigenvalue weighted by Crippen LogP contribution is 2.40. The highest BCUT2D eigenvalue weighted by Gasteiger charge is 2.29. The van der Waals surface area contributed by atoms with Crippen LogP contribution < -0.4 is 10.6 Å². The van der Waals surface area contributed by atoms with Crippen molar-refractivity contribution in [1.29, 1.82) is 0 Å². The summed E-state index contributed by atoms with van der Waals surface area (Å²) in [6, 6.07) is 0.513. The van der Waals surface area contributed by atoms with Gasteiger partial charge in [0.15, 0.2) is 0 Å². The molecule has 0 saturated heterocycles. The summed E-state index contributed by atoms with van der Waals surface area (Å²) >= 11 is 0. The van der Waals surface area contributed by atoms with E-state index >= 15 is 0 Å². The molecule has 0 aromatic carbocycles. The van der Waals surface area contributed by atoms with Gasteiger partial charge >= 0.3 is 0 Å². The monoisotopic (exact) mass is 274 g/mol. The van der Waals surface area contributed by atoms with E-state index in [1.54, 1.807) is 0 Å². The summed E-state index contributed by atoms with van der Waals surface area (Å²) < 4.78 is 0. The summed E-state index contributed by atoms with van der Waals surface area (Å²) in [6.45, 7) is 7.42. The van der Waals surface area contributed by atoms with Gasteiger partial charge in [-0.15, -0.1) is 0 Å². The molecule has 1 aromatic rings. The van der Waals surface area contributed by atoms with Gasteiger partial charge in [0.25, 0.3) is 0 Å². The molecule has 2 aliphatic carbocycles. The minimum absolute atomic E-state index is 0.513. The Kier molecular flexibility index (Phi) is 3.81. The van der Waals surface area contributed by atoms with Crippen molar-refractivity contribution >= 4 is 11.6 Å². The Hall–Kier alpha value is -1.32. The number of hydrogen-bond acceptors (Lipinski definition) is 4. The summed E-state index contributed by atoms with van der Waals surface area (Å²) in [5.74, 6) is 4.48. The molecule has 2 N–H and O–H groups in total. The number of nitrogens with zero attached hydrogens (tertiary/aromatic N) is 2. The molecule has 1 heterocycles. The van der Waals surface area contributed by atoms with Gasteiger partial charge in [-0.2, -0.15) is 0 Å². The molecule has 4 heteroatoms. The van der Waals surface area contributed by atoms with E-state index in [-0.39, 0.29) is 0 Å². The Labute approximate surface area is 121 Å². The smallest absolute Gasteiger partial charge is 0.136 e. The maximum absolute atomic E-state index is 4.80. The minimum Gasteiger partial charge on any atom is -0.370 e. The fourth-order valence-corrected chi connectivity index (χ4v) is 2.81. The molecular formula is C16H26N4. The summed E-state index contributed by atoms with van der Waals surface area (Å²) in [5.41, 5.74) is 1.16. The summed E-state index contributed by atoms with van der Waals surface area (Å²) in [7, 11) is 0. The third-order valence-electron chi connectivity index (χ3n) is 4.67. The van der Waals surface area contributed by atoms with Crippen LogP contribution in [0.5, 0.6) is 0 Å². The zero-order chi connectivity index (χ0) is 14.1. The van der Waals surface area contributed by atoms with Crippen LogP contribution in [0.3, 0.4) is 0 Å². The second-order valence-electron chi connectivity index (χ2n) is 6.33. The van der Waals surface area contributed by atoms with Gasteiger partial charge in [0.1, 0.15) is 17.5 Å². The zero-order valence-corrected chi connectivity index (χ0v) is 12.9. The van der Waals surface area contributed by atoms with Crippen LogP contribution in [0, 0.1) is 12.8 Å². The van der Waals surface area contributed by atoms with Crippen LogP contribution in [0.15, 0.2) is 0 Å². The van der Waals surface area contributed by atoms with E-state index in [9.17, 15) is 0 Å². The maximum Gasteiger partial charge on any atom is 0.136 e. The van der Waals surface area contributed by atoms with E-state index in [4.69, 9.17) is 9.97 Å². The van der Waals surface area contributed by atoms with Gasteiger partial charge in [-0.05, 0) is 52.4 Å². The van der Waals surface area contributed by atoms with Crippen LogP contribution in [0.25, 0.3) is 0 Å². The number of hydrogen-bond donors (Lipinski definition) is 2. The minimum atomic E-state index is 0.513. The standard InChI is InChI=1S/C16H26N4/c1-4-17-14-10(2)15(18-11(3)12-6-5-7-12)20-16(19-14)13-8-9-13/h11-13H,4-9H2,1-3H3,(H2,17,18,19,20). The first kappa shape index (κ1) is 13.7. The predicted molar refractivity (Wildman–Crippen MR) is 83.3 cm³/mol. The van der Waals surface area contributed by atoms with Crippen LogP contribution >= 0.6 is 0 Å². The number of anilines is 2. The summed E-state index contributed by atoms with van der Waals surface area (Å²) in [5, 5.41) is 7.02. The second-order valence-corrected chi connectivity index (χ2v) is 6.33. The van der Waals surface area contributed by atoms with Gasteiger partial charge in [0.05, 0.1) is 0 Å². The van der Waals surface area contributed by atoms with Gasteiger partial charge in [0, 0.05) is 24.1 Å². The molecular weight excluding hydrogens is 248 g/mol. The summed E-state index contributed by atoms with van der Waals surface area (Å²) in [4.78, 5) is 9.50. The van der Waals surface area contributed by atoms with Gasteiger partial charge < -0.3 is 10.6 Å². The second kappa shape index (κ2) is 5.58. The van der Waals surface area contributed by atoms with Gasteiger partial charge in [0.2, 0.25) is 0 Å². The third kappa shape index (κ3) is 2.74. The average molecular weight is 274 g/mol. The van der Waals surface area contributed by atoms with Crippen LogP contribution in [0.2, 0.25) is 0 Å². The summed E-state index contributed by atoms with van der Waals surface area (Å²) in [6.07, 6.45) is 6.58. The first-order chi connectivity index (χ1) is 9.69. The molecule has 110 valence electrons. The fraction of sp³-hybridized carbons (Fsp3) is 0.750. The molecule has 2 saturated carbocycles. The van der Waals surface area contributed by atoms with Crippen molar-refractivity contribution in [2.75, 3.05) is 17.2 Å². The van der Waals surface area contributed by atoms with E-state index in [0.717, 1.165) is 35.5 Å². The lowest BCUT2D eigenvalue weighted by molar-refractivity contribution is 0.285. The van der Waals surface area contributed by atoms with Gasteiger partial charge in [-0.3, -0.25) is 0 Å². The molecule has 0 aliphatic heterocycles. The molecule has 1 unspecified atom stereocenters. The zero-order valence-electron chi connectivity index (χ0n) is 12.9. The van der Waals surface area contributed by atoms with Gasteiger partial charge in [-0.25, -0.2) is 9.97 Å². The first-order valence-corrected chi connectivity index (χ1v) is 8.08. The Morgan fingerprint density at radius 3 is 2.40 bits per heavy atom. The highest BCUT2D eigenvalue weighted by atomic mass is 15.1. The number of nitrogens with one attached hydrogen (secondary N) is 2. The van der Waals surface area contributed by atoms with E-state index in [1.807, 2.05) is 0 Å². The quantitative estimate of drug-likeness (QED) is 0.830. The highest BCUT2D eigenvalue weighted by molar-refractivity contribution is 5.58. The lowest BCUT2D eigenvalue weighted by atomic mass is 9.80. The SMILES string of the molecule is CCNc1nc(C2CC2)nc(NC(C)C2CCC2)c1C. The van der Waals surface area contributed by atoms with E-state index in [2.05, 4.69) is 31.4 Å². The fourth-order valence-electron chi connectivity index (χ4n) is 2.81. The molecule has 0 radical (unpaired) electrons. The normalized spacial score (nSPS) is 20.4. The van der Waals surface area contributed by atoms with Gasteiger partial charge in [-0.1, -0.05) is 6.42 Å². The Balaban J connectivity index is 1.82. The van der Waals surface area contributed by atoms with Crippen molar-refractivity contribution in [3.8, 4) is 0 Å². The molecule has 0 amide bonds. The van der Waals surface area contributed by atoms with E-state index in [1.165, 1.54) is 32.1 Å². The van der Waals surface area contributed by atoms with E-state index < -0.39 is 0 Å². The third-order valence-corrected chi connectivity index (χ3v) is 4.67. The Morgan fingerprint density at radius 2 is 1.85 bits per heavy atom. The van der Waals surface area contributed by atoms with E-state index in [0.29, 0.717) is 12.0 Å². The van der Waals surface area contributed by atoms with Crippen molar-refractivity contribution in [3.05, 3.63) is 11.4 Å². The van der Waals surface area contributed by atoms with Crippen molar-refractivity contribution in [3.63, 3.8) is 0 Å². The van der Waals surface area contributed by atoms with Crippen LogP contribution in [0.1, 0.15) is 63.3 Å². The largest absolute Gasteiger partial charge is 0.370 e. The number of rotatable bonds is 6. The topological polar surface area (TPSA) is 49.8 Å². The van der Waals surface area contributed by atoms with Crippen LogP contribution in [0.4, 0.5) is 11.6 Å². The first-order valence-electron chi connectivity index (χ1n) is 8.08.